The summed E-state index contributed by atoms with van der Waals surface area (Å²) < 4.78 is 11.9. The summed E-state index contributed by atoms with van der Waals surface area (Å²) in [5.41, 5.74) is 2.84. The topological polar surface area (TPSA) is 51.8 Å². The van der Waals surface area contributed by atoms with Gasteiger partial charge in [0.15, 0.2) is 0 Å². The third kappa shape index (κ3) is 2.77. The molecule has 0 saturated carbocycles. The Kier molecular flexibility index (Phi) is 4.17. The minimum Gasteiger partial charge on any atom is -0.497 e. The first-order valence-corrected chi connectivity index (χ1v) is 10.5. The summed E-state index contributed by atoms with van der Waals surface area (Å²) in [6.07, 6.45) is 0. The highest BCUT2D eigenvalue weighted by Crippen LogP contribution is 2.42. The van der Waals surface area contributed by atoms with Crippen LogP contribution in [0.15, 0.2) is 88.3 Å². The summed E-state index contributed by atoms with van der Waals surface area (Å²) >= 11 is 6.16. The van der Waals surface area contributed by atoms with Gasteiger partial charge in [-0.15, -0.1) is 0 Å². The van der Waals surface area contributed by atoms with Gasteiger partial charge in [0.1, 0.15) is 17.1 Å². The molecule has 1 aliphatic heterocycles. The fourth-order valence-corrected chi connectivity index (χ4v) is 4.55. The molecule has 5 aromatic rings. The smallest absolute Gasteiger partial charge is 0.279 e. The molecule has 6 rings (SSSR count). The fraction of sp³-hybridized carbons (Fsp3) is 0.0370. The fourth-order valence-electron chi connectivity index (χ4n) is 4.39. The Morgan fingerprint density at radius 3 is 2.56 bits per heavy atom. The van der Waals surface area contributed by atoms with Gasteiger partial charge in [0.25, 0.3) is 5.91 Å². The molecular formula is C27H16ClNO3. The van der Waals surface area contributed by atoms with Gasteiger partial charge >= 0.3 is 0 Å². The molecule has 0 bridgehead atoms. The summed E-state index contributed by atoms with van der Waals surface area (Å²) in [6, 6.07) is 25.0. The van der Waals surface area contributed by atoms with Gasteiger partial charge in [0.05, 0.1) is 18.0 Å². The Labute approximate surface area is 188 Å². The Bertz CT molecular complexity index is 1680. The van der Waals surface area contributed by atoms with Crippen molar-refractivity contribution in [3.63, 3.8) is 0 Å². The van der Waals surface area contributed by atoms with Crippen LogP contribution in [0.1, 0.15) is 5.56 Å². The first-order valence-electron chi connectivity index (χ1n) is 10.2. The predicted molar refractivity (Wildman–Crippen MR) is 125 cm³/mol. The quantitative estimate of drug-likeness (QED) is 0.386. The van der Waals surface area contributed by atoms with E-state index in [4.69, 9.17) is 20.8 Å². The summed E-state index contributed by atoms with van der Waals surface area (Å²) in [5.74, 6) is 1.07. The average molecular weight is 438 g/mol. The van der Waals surface area contributed by atoms with Crippen LogP contribution >= 0.6 is 11.6 Å². The number of nitrogens with zero attached hydrogens (tertiary/aromatic N) is 1. The van der Waals surface area contributed by atoms with Crippen molar-refractivity contribution in [3.05, 3.63) is 100 Å². The van der Waals surface area contributed by atoms with Gasteiger partial charge in [-0.1, -0.05) is 60.1 Å². The van der Waals surface area contributed by atoms with Crippen molar-refractivity contribution in [2.24, 2.45) is 4.99 Å². The van der Waals surface area contributed by atoms with E-state index in [1.807, 2.05) is 66.7 Å². The third-order valence-corrected chi connectivity index (χ3v) is 6.07. The van der Waals surface area contributed by atoms with Gasteiger partial charge in [-0.25, -0.2) is 4.99 Å². The number of rotatable bonds is 3. The lowest BCUT2D eigenvalue weighted by Crippen LogP contribution is -2.23. The largest absolute Gasteiger partial charge is 0.497 e. The lowest BCUT2D eigenvalue weighted by atomic mass is 9.94. The Balaban J connectivity index is 1.83. The first-order chi connectivity index (χ1) is 15.6. The van der Waals surface area contributed by atoms with Crippen molar-refractivity contribution in [2.75, 3.05) is 7.11 Å². The SMILES string of the molecule is COc1ccc2ccc3oc(-c4ccccc4)c(C4=c5ccc(Cl)cc5=NC4=O)c3c2c1. The Hall–Kier alpha value is -3.89. The second-order valence-corrected chi connectivity index (χ2v) is 8.09. The van der Waals surface area contributed by atoms with Gasteiger partial charge in [0.2, 0.25) is 0 Å². The average Bonchev–Trinajstić information content (AvgIpc) is 3.35. The summed E-state index contributed by atoms with van der Waals surface area (Å²) in [4.78, 5) is 17.5. The molecule has 1 aliphatic rings. The summed E-state index contributed by atoms with van der Waals surface area (Å²) in [6.45, 7) is 0. The van der Waals surface area contributed by atoms with Crippen molar-refractivity contribution in [3.8, 4) is 17.1 Å². The van der Waals surface area contributed by atoms with Gasteiger partial charge in [-0.05, 0) is 41.1 Å². The summed E-state index contributed by atoms with van der Waals surface area (Å²) in [5, 5.41) is 4.70. The number of hydrogen-bond donors (Lipinski definition) is 0. The van der Waals surface area contributed by atoms with Crippen molar-refractivity contribution < 1.29 is 13.9 Å². The highest BCUT2D eigenvalue weighted by Gasteiger charge is 2.28. The molecule has 0 saturated heterocycles. The number of fused-ring (bicyclic) bond motifs is 4. The van der Waals surface area contributed by atoms with Crippen LogP contribution in [0, 0.1) is 0 Å². The predicted octanol–water partition coefficient (Wildman–Crippen LogP) is 5.27. The van der Waals surface area contributed by atoms with E-state index < -0.39 is 0 Å². The van der Waals surface area contributed by atoms with Gasteiger partial charge in [-0.3, -0.25) is 4.79 Å². The maximum Gasteiger partial charge on any atom is 0.279 e. The van der Waals surface area contributed by atoms with Crippen LogP contribution in [0.4, 0.5) is 0 Å². The maximum atomic E-state index is 13.2. The van der Waals surface area contributed by atoms with Crippen LogP contribution in [-0.4, -0.2) is 13.0 Å². The van der Waals surface area contributed by atoms with E-state index in [1.54, 1.807) is 19.2 Å². The molecule has 4 aromatic carbocycles. The molecule has 1 aromatic heterocycles. The zero-order valence-electron chi connectivity index (χ0n) is 17.1. The molecule has 154 valence electrons. The van der Waals surface area contributed by atoms with E-state index in [2.05, 4.69) is 4.99 Å². The van der Waals surface area contributed by atoms with Crippen LogP contribution < -0.4 is 15.3 Å². The van der Waals surface area contributed by atoms with E-state index in [9.17, 15) is 4.79 Å². The highest BCUT2D eigenvalue weighted by molar-refractivity contribution is 6.31. The van der Waals surface area contributed by atoms with Gasteiger partial charge in [0, 0.05) is 26.8 Å². The van der Waals surface area contributed by atoms with Crippen LogP contribution in [0.5, 0.6) is 5.75 Å². The number of hydrogen-bond acceptors (Lipinski definition) is 3. The molecule has 2 heterocycles. The van der Waals surface area contributed by atoms with Crippen molar-refractivity contribution in [2.45, 2.75) is 0 Å². The zero-order valence-corrected chi connectivity index (χ0v) is 17.8. The maximum absolute atomic E-state index is 13.2. The minimum atomic E-state index is -0.304. The number of benzene rings is 4. The molecule has 0 radical (unpaired) electrons. The van der Waals surface area contributed by atoms with Crippen LogP contribution in [0.25, 0.3) is 38.6 Å². The van der Waals surface area contributed by atoms with E-state index in [0.717, 1.165) is 38.3 Å². The molecule has 1 amide bonds. The van der Waals surface area contributed by atoms with Crippen molar-refractivity contribution >= 4 is 44.8 Å². The second kappa shape index (κ2) is 7.08. The summed E-state index contributed by atoms with van der Waals surface area (Å²) in [7, 11) is 1.64. The van der Waals surface area contributed by atoms with Crippen LogP contribution in [0.2, 0.25) is 5.02 Å². The molecule has 5 heteroatoms. The number of carbonyl (C=O) groups is 1. The first kappa shape index (κ1) is 18.8. The van der Waals surface area contributed by atoms with Crippen LogP contribution in [0.3, 0.4) is 0 Å². The number of ether oxygens (including phenoxy) is 1. The van der Waals surface area contributed by atoms with E-state index in [1.165, 1.54) is 0 Å². The lowest BCUT2D eigenvalue weighted by molar-refractivity contribution is -0.112. The number of carbonyl (C=O) groups excluding carboxylic acids is 1. The molecular weight excluding hydrogens is 422 g/mol. The standard InChI is InChI=1S/C27H16ClNO3/c1-31-18-10-7-15-8-12-22-23(20(15)14-18)25(26(32-22)16-5-3-2-4-6-16)24-19-11-9-17(28)13-21(19)29-27(24)30/h2-14H,1H3. The van der Waals surface area contributed by atoms with Crippen molar-refractivity contribution in [1.29, 1.82) is 0 Å². The zero-order chi connectivity index (χ0) is 21.8. The number of halogens is 1. The van der Waals surface area contributed by atoms with E-state index in [0.29, 0.717) is 27.3 Å². The highest BCUT2D eigenvalue weighted by atomic mass is 35.5. The molecule has 4 nitrogen and oxygen atoms in total. The minimum absolute atomic E-state index is 0.304. The van der Waals surface area contributed by atoms with E-state index in [-0.39, 0.29) is 5.91 Å². The molecule has 0 fully saturated rings. The van der Waals surface area contributed by atoms with E-state index >= 15 is 0 Å². The molecule has 32 heavy (non-hydrogen) atoms. The van der Waals surface area contributed by atoms with Gasteiger partial charge in [-0.2, -0.15) is 0 Å². The van der Waals surface area contributed by atoms with Crippen LogP contribution in [-0.2, 0) is 4.79 Å². The lowest BCUT2D eigenvalue weighted by Gasteiger charge is -2.07. The van der Waals surface area contributed by atoms with Gasteiger partial charge < -0.3 is 9.15 Å². The Morgan fingerprint density at radius 2 is 1.75 bits per heavy atom. The molecule has 0 aliphatic carbocycles. The second-order valence-electron chi connectivity index (χ2n) is 7.65. The third-order valence-electron chi connectivity index (χ3n) is 5.83. The monoisotopic (exact) mass is 437 g/mol. The number of furan rings is 1. The van der Waals surface area contributed by atoms with Crippen molar-refractivity contribution in [1.82, 2.24) is 0 Å². The number of amides is 1. The molecule has 0 N–H and O–H groups in total. The normalized spacial score (nSPS) is 12.9. The molecule has 0 unspecified atom stereocenters. The Morgan fingerprint density at radius 1 is 0.938 bits per heavy atom. The molecule has 0 atom stereocenters. The molecule has 0 spiro atoms. The number of methoxy groups -OCH3 is 1.